The Morgan fingerprint density at radius 1 is 1.20 bits per heavy atom. The summed E-state index contributed by atoms with van der Waals surface area (Å²) in [6.07, 6.45) is 9.21. The van der Waals surface area contributed by atoms with Crippen LogP contribution in [0.15, 0.2) is 11.1 Å². The number of methoxy groups -OCH3 is 1. The summed E-state index contributed by atoms with van der Waals surface area (Å²) < 4.78 is 4.58. The van der Waals surface area contributed by atoms with E-state index in [-0.39, 0.29) is 5.97 Å². The third-order valence-electron chi connectivity index (χ3n) is 3.04. The molecule has 0 bridgehead atoms. The molecule has 0 N–H and O–H groups in total. The average molecular weight is 210 g/mol. The molecule has 2 heteroatoms. The van der Waals surface area contributed by atoms with Crippen LogP contribution in [-0.2, 0) is 9.53 Å². The van der Waals surface area contributed by atoms with Crippen molar-refractivity contribution in [1.29, 1.82) is 0 Å². The van der Waals surface area contributed by atoms with Crippen LogP contribution < -0.4 is 0 Å². The van der Waals surface area contributed by atoms with Crippen LogP contribution in [0.5, 0.6) is 0 Å². The van der Waals surface area contributed by atoms with E-state index in [2.05, 4.69) is 11.7 Å². The van der Waals surface area contributed by atoms with E-state index in [1.54, 1.807) is 11.1 Å². The topological polar surface area (TPSA) is 26.3 Å². The van der Waals surface area contributed by atoms with Crippen molar-refractivity contribution in [2.24, 2.45) is 0 Å². The third kappa shape index (κ3) is 5.60. The molecule has 2 nitrogen and oxygen atoms in total. The maximum absolute atomic E-state index is 10.8. The van der Waals surface area contributed by atoms with Gasteiger partial charge in [-0.3, -0.25) is 4.79 Å². The van der Waals surface area contributed by atoms with Gasteiger partial charge in [0.1, 0.15) is 0 Å². The zero-order valence-electron chi connectivity index (χ0n) is 9.97. The number of ether oxygens (including phenoxy) is 1. The van der Waals surface area contributed by atoms with Crippen LogP contribution >= 0.6 is 0 Å². The summed E-state index contributed by atoms with van der Waals surface area (Å²) in [7, 11) is 1.45. The Morgan fingerprint density at radius 3 is 2.40 bits per heavy atom. The Balaban J connectivity index is 1.79. The first kappa shape index (κ1) is 12.3. The highest BCUT2D eigenvalue weighted by Gasteiger charge is 2.14. The molecule has 86 valence electrons. The molecule has 0 saturated heterocycles. The molecule has 0 saturated carbocycles. The third-order valence-corrected chi connectivity index (χ3v) is 3.04. The minimum atomic E-state index is -0.0752. The second kappa shape index (κ2) is 6.65. The van der Waals surface area contributed by atoms with E-state index in [1.807, 2.05) is 0 Å². The molecule has 15 heavy (non-hydrogen) atoms. The molecule has 1 aliphatic rings. The van der Waals surface area contributed by atoms with Gasteiger partial charge in [0.2, 0.25) is 0 Å². The lowest BCUT2D eigenvalue weighted by molar-refractivity contribution is -0.140. The van der Waals surface area contributed by atoms with Crippen LogP contribution in [0.3, 0.4) is 0 Å². The quantitative estimate of drug-likeness (QED) is 0.347. The van der Waals surface area contributed by atoms with Crippen LogP contribution in [0.1, 0.15) is 58.3 Å². The smallest absolute Gasteiger partial charge is 0.305 e. The lowest BCUT2D eigenvalue weighted by Gasteiger charge is -2.00. The minimum Gasteiger partial charge on any atom is -0.469 e. The molecular weight excluding hydrogens is 188 g/mol. The number of carbonyl (C=O) groups excluding carboxylic acids is 1. The molecule has 1 aliphatic carbocycles. The summed E-state index contributed by atoms with van der Waals surface area (Å²) in [5.74, 6) is -0.0752. The predicted molar refractivity (Wildman–Crippen MR) is 61.7 cm³/mol. The maximum atomic E-state index is 10.8. The zero-order chi connectivity index (χ0) is 11.1. The van der Waals surface area contributed by atoms with Gasteiger partial charge in [-0.1, -0.05) is 30.4 Å². The molecule has 0 aromatic carbocycles. The van der Waals surface area contributed by atoms with E-state index in [1.165, 1.54) is 39.2 Å². The van der Waals surface area contributed by atoms with Crippen LogP contribution in [-0.4, -0.2) is 13.1 Å². The highest BCUT2D eigenvalue weighted by atomic mass is 16.5. The van der Waals surface area contributed by atoms with Gasteiger partial charge < -0.3 is 4.74 Å². The van der Waals surface area contributed by atoms with Crippen molar-refractivity contribution in [1.82, 2.24) is 0 Å². The lowest BCUT2D eigenvalue weighted by Crippen LogP contribution is -1.99. The van der Waals surface area contributed by atoms with Gasteiger partial charge in [0, 0.05) is 6.42 Å². The van der Waals surface area contributed by atoms with Crippen molar-refractivity contribution in [3.8, 4) is 0 Å². The van der Waals surface area contributed by atoms with E-state index in [4.69, 9.17) is 0 Å². The van der Waals surface area contributed by atoms with Gasteiger partial charge in [-0.2, -0.15) is 0 Å². The van der Waals surface area contributed by atoms with Crippen molar-refractivity contribution in [2.75, 3.05) is 7.11 Å². The lowest BCUT2D eigenvalue weighted by atomic mass is 10.1. The van der Waals surface area contributed by atoms with Crippen molar-refractivity contribution in [3.05, 3.63) is 11.1 Å². The molecular formula is C13H22O2. The summed E-state index contributed by atoms with van der Waals surface area (Å²) in [6, 6.07) is 0. The first-order valence-electron chi connectivity index (χ1n) is 5.98. The van der Waals surface area contributed by atoms with Gasteiger partial charge in [0.15, 0.2) is 0 Å². The van der Waals surface area contributed by atoms with Gasteiger partial charge in [0.05, 0.1) is 7.11 Å². The number of unbranched alkanes of at least 4 members (excludes halogenated alkanes) is 4. The van der Waals surface area contributed by atoms with E-state index in [9.17, 15) is 4.79 Å². The van der Waals surface area contributed by atoms with Crippen molar-refractivity contribution in [3.63, 3.8) is 0 Å². The van der Waals surface area contributed by atoms with Crippen molar-refractivity contribution in [2.45, 2.75) is 58.3 Å². The summed E-state index contributed by atoms with van der Waals surface area (Å²) >= 11 is 0. The molecule has 1 rings (SSSR count). The van der Waals surface area contributed by atoms with Crippen LogP contribution in [0, 0.1) is 0 Å². The van der Waals surface area contributed by atoms with Gasteiger partial charge in [0.25, 0.3) is 0 Å². The normalized spacial score (nSPS) is 14.3. The zero-order valence-corrected chi connectivity index (χ0v) is 9.97. The Hall–Kier alpha value is -0.790. The molecule has 0 fully saturated rings. The summed E-state index contributed by atoms with van der Waals surface area (Å²) in [6.45, 7) is 2.23. The highest BCUT2D eigenvalue weighted by molar-refractivity contribution is 5.68. The summed E-state index contributed by atoms with van der Waals surface area (Å²) in [5.41, 5.74) is 3.30. The average Bonchev–Trinajstić information content (AvgIpc) is 2.93. The molecule has 0 aromatic heterocycles. The van der Waals surface area contributed by atoms with E-state index >= 15 is 0 Å². The molecule has 0 unspecified atom stereocenters. The monoisotopic (exact) mass is 210 g/mol. The molecule has 0 radical (unpaired) electrons. The molecule has 0 aliphatic heterocycles. The van der Waals surface area contributed by atoms with Gasteiger partial charge in [-0.25, -0.2) is 0 Å². The number of hydrogen-bond donors (Lipinski definition) is 0. The number of hydrogen-bond acceptors (Lipinski definition) is 2. The van der Waals surface area contributed by atoms with Gasteiger partial charge in [-0.05, 0) is 32.6 Å². The SMILES string of the molecule is COC(=O)CCCCCCCC1=C(C)C1. The molecule has 0 aromatic rings. The number of rotatable bonds is 8. The van der Waals surface area contributed by atoms with Crippen molar-refractivity contribution >= 4 is 5.97 Å². The van der Waals surface area contributed by atoms with Crippen molar-refractivity contribution < 1.29 is 9.53 Å². The number of esters is 1. The van der Waals surface area contributed by atoms with E-state index in [0.717, 1.165) is 12.8 Å². The van der Waals surface area contributed by atoms with E-state index in [0.29, 0.717) is 6.42 Å². The number of allylic oxidation sites excluding steroid dienone is 2. The fourth-order valence-electron chi connectivity index (χ4n) is 1.82. The van der Waals surface area contributed by atoms with Crippen LogP contribution in [0.4, 0.5) is 0 Å². The first-order chi connectivity index (χ1) is 7.24. The fraction of sp³-hybridized carbons (Fsp3) is 0.769. The number of carbonyl (C=O) groups is 1. The molecule has 0 atom stereocenters. The van der Waals surface area contributed by atoms with Gasteiger partial charge >= 0.3 is 5.97 Å². The summed E-state index contributed by atoms with van der Waals surface area (Å²) in [4.78, 5) is 10.8. The Kier molecular flexibility index (Phi) is 5.44. The molecule has 0 amide bonds. The second-order valence-electron chi connectivity index (χ2n) is 4.40. The van der Waals surface area contributed by atoms with E-state index < -0.39 is 0 Å². The Morgan fingerprint density at radius 2 is 1.80 bits per heavy atom. The summed E-state index contributed by atoms with van der Waals surface area (Å²) in [5, 5.41) is 0. The largest absolute Gasteiger partial charge is 0.469 e. The standard InChI is InChI=1S/C13H22O2/c1-11-10-12(11)8-6-4-3-5-7-9-13(14)15-2/h3-10H2,1-2H3. The predicted octanol–water partition coefficient (Wildman–Crippen LogP) is 3.61. The Labute approximate surface area is 92.7 Å². The fourth-order valence-corrected chi connectivity index (χ4v) is 1.82. The molecule has 0 spiro atoms. The van der Waals surface area contributed by atoms with Crippen LogP contribution in [0.2, 0.25) is 0 Å². The highest BCUT2D eigenvalue weighted by Crippen LogP contribution is 2.34. The maximum Gasteiger partial charge on any atom is 0.305 e. The Bertz CT molecular complexity index is 241. The van der Waals surface area contributed by atoms with Crippen LogP contribution in [0.25, 0.3) is 0 Å². The second-order valence-corrected chi connectivity index (χ2v) is 4.40. The minimum absolute atomic E-state index is 0.0752. The van der Waals surface area contributed by atoms with Gasteiger partial charge in [-0.15, -0.1) is 0 Å². The molecule has 0 heterocycles. The first-order valence-corrected chi connectivity index (χ1v) is 5.98.